The van der Waals surface area contributed by atoms with E-state index in [1.54, 1.807) is 38.5 Å². The zero-order chi connectivity index (χ0) is 15.1. The monoisotopic (exact) mass is 280 g/mol. The third kappa shape index (κ3) is 5.59. The molecule has 4 aliphatic rings. The largest absolute Gasteiger partial charge is 0.478 e. The standard InChI is InChI=1S/C10H16.2C3H4O2/c1-7-2-9-4-8(1)5-10(3-7)6-9;2*1-2-3(4)5/h7-10H,1-6H2;2*2H,1H2,(H,4,5). The maximum absolute atomic E-state index is 9.25. The first-order chi connectivity index (χ1) is 9.44. The molecular formula is C16H24O4. The van der Waals surface area contributed by atoms with E-state index in [9.17, 15) is 9.59 Å². The average Bonchev–Trinajstić information content (AvgIpc) is 2.38. The number of hydrogen-bond donors (Lipinski definition) is 2. The summed E-state index contributed by atoms with van der Waals surface area (Å²) in [5.41, 5.74) is 0. The van der Waals surface area contributed by atoms with Crippen LogP contribution < -0.4 is 0 Å². The molecule has 0 aromatic heterocycles. The van der Waals surface area contributed by atoms with Crippen LogP contribution >= 0.6 is 0 Å². The molecule has 112 valence electrons. The van der Waals surface area contributed by atoms with Crippen LogP contribution in [0, 0.1) is 23.7 Å². The van der Waals surface area contributed by atoms with E-state index in [2.05, 4.69) is 13.2 Å². The highest BCUT2D eigenvalue weighted by Gasteiger charge is 2.41. The molecule has 0 unspecified atom stereocenters. The molecule has 0 aromatic carbocycles. The third-order valence-electron chi connectivity index (χ3n) is 4.35. The Kier molecular flexibility index (Phi) is 6.49. The lowest BCUT2D eigenvalue weighted by Crippen LogP contribution is -2.38. The number of rotatable bonds is 2. The van der Waals surface area contributed by atoms with E-state index in [0.29, 0.717) is 0 Å². The van der Waals surface area contributed by atoms with E-state index in [1.807, 2.05) is 0 Å². The molecule has 0 spiro atoms. The molecular weight excluding hydrogens is 256 g/mol. The van der Waals surface area contributed by atoms with Crippen LogP contribution in [0.4, 0.5) is 0 Å². The summed E-state index contributed by atoms with van der Waals surface area (Å²) in [5, 5.41) is 15.2. The predicted molar refractivity (Wildman–Crippen MR) is 77.3 cm³/mol. The van der Waals surface area contributed by atoms with Gasteiger partial charge in [0.15, 0.2) is 0 Å². The summed E-state index contributed by atoms with van der Waals surface area (Å²) in [6.07, 6.45) is 11.3. The van der Waals surface area contributed by atoms with E-state index in [0.717, 1.165) is 12.2 Å². The van der Waals surface area contributed by atoms with E-state index in [1.165, 1.54) is 23.7 Å². The zero-order valence-corrected chi connectivity index (χ0v) is 11.8. The number of aliphatic carboxylic acids is 2. The maximum atomic E-state index is 9.25. The second-order valence-corrected chi connectivity index (χ2v) is 5.96. The molecule has 4 nitrogen and oxygen atoms in total. The second-order valence-electron chi connectivity index (χ2n) is 5.96. The van der Waals surface area contributed by atoms with Crippen LogP contribution in [-0.2, 0) is 9.59 Å². The predicted octanol–water partition coefficient (Wildman–Crippen LogP) is 3.35. The van der Waals surface area contributed by atoms with Crippen molar-refractivity contribution in [3.05, 3.63) is 25.3 Å². The summed E-state index contributed by atoms with van der Waals surface area (Å²) in [4.78, 5) is 18.5. The van der Waals surface area contributed by atoms with Crippen LogP contribution in [0.5, 0.6) is 0 Å². The van der Waals surface area contributed by atoms with Gasteiger partial charge in [0, 0.05) is 12.2 Å². The van der Waals surface area contributed by atoms with Crippen LogP contribution in [0.15, 0.2) is 25.3 Å². The lowest BCUT2D eigenvalue weighted by atomic mass is 9.56. The molecule has 4 rings (SSSR count). The molecule has 0 saturated heterocycles. The lowest BCUT2D eigenvalue weighted by Gasteiger charge is -2.49. The fourth-order valence-electron chi connectivity index (χ4n) is 3.98. The van der Waals surface area contributed by atoms with Crippen molar-refractivity contribution in [1.82, 2.24) is 0 Å². The lowest BCUT2D eigenvalue weighted by molar-refractivity contribution is -0.132. The molecule has 0 radical (unpaired) electrons. The number of carboxylic acids is 2. The SMILES string of the molecule is C1C2CC3CC1CC(C2)C3.C=CC(=O)O.C=CC(=O)O. The molecule has 0 atom stereocenters. The Hall–Kier alpha value is -1.58. The quantitative estimate of drug-likeness (QED) is 0.761. The van der Waals surface area contributed by atoms with Gasteiger partial charge >= 0.3 is 11.9 Å². The number of carbonyl (C=O) groups is 2. The summed E-state index contributed by atoms with van der Waals surface area (Å²) in [7, 11) is 0. The topological polar surface area (TPSA) is 74.6 Å². The van der Waals surface area contributed by atoms with Gasteiger partial charge in [-0.25, -0.2) is 9.59 Å². The van der Waals surface area contributed by atoms with Crippen LogP contribution in [0.25, 0.3) is 0 Å². The Bertz CT molecular complexity index is 298. The third-order valence-corrected chi connectivity index (χ3v) is 4.35. The Labute approximate surface area is 120 Å². The van der Waals surface area contributed by atoms with E-state index >= 15 is 0 Å². The minimum absolute atomic E-state index is 0.833. The van der Waals surface area contributed by atoms with Crippen LogP contribution in [-0.4, -0.2) is 22.2 Å². The first-order valence-corrected chi connectivity index (χ1v) is 7.15. The van der Waals surface area contributed by atoms with Gasteiger partial charge in [-0.2, -0.15) is 0 Å². The highest BCUT2D eigenvalue weighted by molar-refractivity contribution is 5.79. The van der Waals surface area contributed by atoms with E-state index < -0.39 is 11.9 Å². The van der Waals surface area contributed by atoms with Gasteiger partial charge < -0.3 is 10.2 Å². The highest BCUT2D eigenvalue weighted by atomic mass is 16.4. The fourth-order valence-corrected chi connectivity index (χ4v) is 3.98. The van der Waals surface area contributed by atoms with E-state index in [4.69, 9.17) is 10.2 Å². The van der Waals surface area contributed by atoms with Gasteiger partial charge in [-0.1, -0.05) is 13.2 Å². The van der Waals surface area contributed by atoms with Crippen molar-refractivity contribution < 1.29 is 19.8 Å². The Morgan fingerprint density at radius 3 is 0.950 bits per heavy atom. The van der Waals surface area contributed by atoms with Gasteiger partial charge in [0.2, 0.25) is 0 Å². The smallest absolute Gasteiger partial charge is 0.327 e. The van der Waals surface area contributed by atoms with Crippen molar-refractivity contribution in [2.75, 3.05) is 0 Å². The first-order valence-electron chi connectivity index (χ1n) is 7.15. The summed E-state index contributed by atoms with van der Waals surface area (Å²) < 4.78 is 0. The molecule has 0 heterocycles. The fraction of sp³-hybridized carbons (Fsp3) is 0.625. The van der Waals surface area contributed by atoms with Crippen molar-refractivity contribution in [2.24, 2.45) is 23.7 Å². The summed E-state index contributed by atoms with van der Waals surface area (Å²) in [5.74, 6) is 2.75. The van der Waals surface area contributed by atoms with Gasteiger partial charge in [0.1, 0.15) is 0 Å². The minimum Gasteiger partial charge on any atom is -0.478 e. The van der Waals surface area contributed by atoms with Crippen LogP contribution in [0.2, 0.25) is 0 Å². The summed E-state index contributed by atoms with van der Waals surface area (Å²) in [6.45, 7) is 5.92. The van der Waals surface area contributed by atoms with Crippen molar-refractivity contribution in [3.63, 3.8) is 0 Å². The molecule has 4 aliphatic carbocycles. The molecule has 0 aromatic rings. The maximum Gasteiger partial charge on any atom is 0.327 e. The molecule has 0 amide bonds. The van der Waals surface area contributed by atoms with Gasteiger partial charge in [-0.15, -0.1) is 0 Å². The Morgan fingerprint density at radius 2 is 0.850 bits per heavy atom. The van der Waals surface area contributed by atoms with Gasteiger partial charge in [0.05, 0.1) is 0 Å². The number of carboxylic acid groups (broad SMARTS) is 2. The Balaban J connectivity index is 0.000000173. The molecule has 2 N–H and O–H groups in total. The van der Waals surface area contributed by atoms with Gasteiger partial charge in [-0.05, 0) is 62.2 Å². The number of hydrogen-bond acceptors (Lipinski definition) is 2. The normalized spacial score (nSPS) is 32.0. The van der Waals surface area contributed by atoms with E-state index in [-0.39, 0.29) is 0 Å². The Morgan fingerprint density at radius 1 is 0.700 bits per heavy atom. The average molecular weight is 280 g/mol. The first kappa shape index (κ1) is 16.5. The molecule has 20 heavy (non-hydrogen) atoms. The molecule has 4 saturated carbocycles. The van der Waals surface area contributed by atoms with Crippen molar-refractivity contribution in [2.45, 2.75) is 38.5 Å². The van der Waals surface area contributed by atoms with Crippen LogP contribution in [0.3, 0.4) is 0 Å². The minimum atomic E-state index is -0.981. The zero-order valence-electron chi connectivity index (χ0n) is 11.8. The highest BCUT2D eigenvalue weighted by Crippen LogP contribution is 2.53. The van der Waals surface area contributed by atoms with Crippen LogP contribution in [0.1, 0.15) is 38.5 Å². The molecule has 4 fully saturated rings. The summed E-state index contributed by atoms with van der Waals surface area (Å²) >= 11 is 0. The van der Waals surface area contributed by atoms with Crippen molar-refractivity contribution >= 4 is 11.9 Å². The van der Waals surface area contributed by atoms with Crippen molar-refractivity contribution in [1.29, 1.82) is 0 Å². The van der Waals surface area contributed by atoms with Crippen molar-refractivity contribution in [3.8, 4) is 0 Å². The van der Waals surface area contributed by atoms with Gasteiger partial charge in [0.25, 0.3) is 0 Å². The van der Waals surface area contributed by atoms with Gasteiger partial charge in [-0.3, -0.25) is 0 Å². The molecule has 4 bridgehead atoms. The molecule has 0 aliphatic heterocycles. The molecule has 4 heteroatoms. The summed E-state index contributed by atoms with van der Waals surface area (Å²) in [6, 6.07) is 0. The second kappa shape index (κ2) is 7.88.